The lowest BCUT2D eigenvalue weighted by Crippen LogP contribution is -1.99. The topological polar surface area (TPSA) is 66.2 Å². The van der Waals surface area contributed by atoms with Crippen LogP contribution in [0.25, 0.3) is 0 Å². The minimum atomic E-state index is -0.930. The molecule has 0 spiro atoms. The highest BCUT2D eigenvalue weighted by atomic mass is 35.5. The fourth-order valence-electron chi connectivity index (χ4n) is 0.729. The molecule has 0 bridgehead atoms. The van der Waals surface area contributed by atoms with Crippen LogP contribution in [0.3, 0.4) is 0 Å². The van der Waals surface area contributed by atoms with Crippen LogP contribution in [0.1, 0.15) is 0 Å². The molecule has 0 fully saturated rings. The average Bonchev–Trinajstić information content (AvgIpc) is 2.01. The van der Waals surface area contributed by atoms with E-state index in [-0.39, 0.29) is 15.1 Å². The number of hydrogen-bond acceptors (Lipinski definition) is 3. The van der Waals surface area contributed by atoms with E-state index in [9.17, 15) is 15.2 Å². The number of rotatable bonds is 1. The Morgan fingerprint density at radius 2 is 1.77 bits per heavy atom. The maximum atomic E-state index is 11.1. The Morgan fingerprint density at radius 1 is 1.23 bits per heavy atom. The van der Waals surface area contributed by atoms with Crippen molar-refractivity contribution in [2.24, 2.45) is 0 Å². The van der Waals surface area contributed by atoms with E-state index in [2.05, 4.69) is 0 Å². The van der Waals surface area contributed by atoms with Crippen molar-refractivity contribution in [3.8, 4) is 5.75 Å². The minimum absolute atomic E-state index is 0.113. The second kappa shape index (κ2) is 3.57. The van der Waals surface area contributed by atoms with Gasteiger partial charge in [-0.1, -0.05) is 34.8 Å². The summed E-state index contributed by atoms with van der Waals surface area (Å²) >= 11 is 16.3. The van der Waals surface area contributed by atoms with Gasteiger partial charge in [0.25, 0.3) is 5.69 Å². The predicted molar refractivity (Wildman–Crippen MR) is 47.6 cm³/mol. The van der Waals surface area contributed by atoms with Gasteiger partial charge in [0.05, 0.1) is 9.95 Å². The molecule has 0 atom stereocenters. The zero-order valence-corrected chi connectivity index (χ0v) is 8.15. The summed E-state index contributed by atoms with van der Waals surface area (Å²) in [7, 11) is 0. The van der Waals surface area contributed by atoms with Gasteiger partial charge in [-0.3, -0.25) is 10.1 Å². The molecule has 0 saturated carbocycles. The van der Waals surface area contributed by atoms with Gasteiger partial charge >= 0.3 is 0 Å². The lowest BCUT2D eigenvalue weighted by molar-refractivity contribution is -0.398. The summed E-state index contributed by atoms with van der Waals surface area (Å²) in [5, 5.41) is 20.6. The number of nitrogens with zero attached hydrogens (tertiary/aromatic N) is 1. The Morgan fingerprint density at radius 3 is 2.23 bits per heavy atom. The van der Waals surface area contributed by atoms with Gasteiger partial charge in [0.15, 0.2) is 0 Å². The molecule has 0 radical (unpaired) electrons. The first kappa shape index (κ1) is 10.4. The normalized spacial score (nSPS) is 10.1. The zero-order chi connectivity index (χ0) is 10.2. The van der Waals surface area contributed by atoms with Crippen LogP contribution in [-0.4, -0.2) is 4.92 Å². The number of halogens is 3. The third-order valence-corrected chi connectivity index (χ3v) is 2.34. The number of hydrogen-bond donors (Lipinski definition) is 0. The van der Waals surface area contributed by atoms with Gasteiger partial charge in [0, 0.05) is 5.02 Å². The van der Waals surface area contributed by atoms with Gasteiger partial charge in [0.2, 0.25) is 0 Å². The Balaban J connectivity index is 3.56. The van der Waals surface area contributed by atoms with E-state index in [1.165, 1.54) is 0 Å². The highest BCUT2D eigenvalue weighted by Gasteiger charge is 2.18. The molecule has 1 aromatic rings. The van der Waals surface area contributed by atoms with Crippen LogP contribution in [-0.2, 0) is 0 Å². The smallest absolute Gasteiger partial charge is 0.283 e. The summed E-state index contributed by atoms with van der Waals surface area (Å²) in [6.07, 6.45) is 0. The number of benzene rings is 1. The van der Waals surface area contributed by atoms with E-state index in [1.807, 2.05) is 0 Å². The van der Waals surface area contributed by atoms with Gasteiger partial charge in [-0.25, -0.2) is 0 Å². The lowest BCUT2D eigenvalue weighted by atomic mass is 10.3. The van der Waals surface area contributed by atoms with Crippen LogP contribution in [0.5, 0.6) is 5.75 Å². The lowest BCUT2D eigenvalue weighted by Gasteiger charge is -2.10. The van der Waals surface area contributed by atoms with Crippen molar-refractivity contribution in [3.63, 3.8) is 0 Å². The van der Waals surface area contributed by atoms with Gasteiger partial charge in [0.1, 0.15) is 5.02 Å². The molecule has 13 heavy (non-hydrogen) atoms. The SMILES string of the molecule is O=[N+]([O-])c1c([O-])c(Cl)cc(Cl)c1Cl. The molecule has 1 rings (SSSR count). The van der Waals surface area contributed by atoms with Crippen LogP contribution in [0, 0.1) is 10.1 Å². The fraction of sp³-hybridized carbons (Fsp3) is 0. The van der Waals surface area contributed by atoms with Gasteiger partial charge in [-0.2, -0.15) is 0 Å². The molecule has 0 aliphatic rings. The van der Waals surface area contributed by atoms with Crippen molar-refractivity contribution >= 4 is 40.5 Å². The number of nitro benzene ring substituents is 1. The Bertz CT molecular complexity index is 354. The van der Waals surface area contributed by atoms with Crippen LogP contribution < -0.4 is 5.11 Å². The summed E-state index contributed by atoms with van der Waals surface area (Å²) in [4.78, 5) is 9.44. The molecule has 70 valence electrons. The van der Waals surface area contributed by atoms with E-state index in [1.54, 1.807) is 0 Å². The summed E-state index contributed by atoms with van der Waals surface area (Å²) in [6.45, 7) is 0. The van der Waals surface area contributed by atoms with Crippen LogP contribution >= 0.6 is 34.8 Å². The molecule has 0 amide bonds. The Labute approximate surface area is 87.8 Å². The molecule has 0 saturated heterocycles. The summed E-state index contributed by atoms with van der Waals surface area (Å²) < 4.78 is 0. The molecule has 0 unspecified atom stereocenters. The number of nitro groups is 1. The van der Waals surface area contributed by atoms with Crippen LogP contribution in [0.2, 0.25) is 15.1 Å². The van der Waals surface area contributed by atoms with Crippen molar-refractivity contribution in [3.05, 3.63) is 31.2 Å². The van der Waals surface area contributed by atoms with E-state index < -0.39 is 16.4 Å². The van der Waals surface area contributed by atoms with Crippen LogP contribution in [0.4, 0.5) is 5.69 Å². The second-order valence-corrected chi connectivity index (χ2v) is 3.28. The molecule has 4 nitrogen and oxygen atoms in total. The zero-order valence-electron chi connectivity index (χ0n) is 5.88. The van der Waals surface area contributed by atoms with Crippen molar-refractivity contribution in [1.82, 2.24) is 0 Å². The minimum Gasteiger partial charge on any atom is -0.867 e. The third-order valence-electron chi connectivity index (χ3n) is 1.29. The second-order valence-electron chi connectivity index (χ2n) is 2.09. The first-order valence-electron chi connectivity index (χ1n) is 2.94. The van der Waals surface area contributed by atoms with Crippen LogP contribution in [0.15, 0.2) is 6.07 Å². The largest absolute Gasteiger partial charge is 0.867 e. The van der Waals surface area contributed by atoms with Gasteiger partial charge in [-0.15, -0.1) is 0 Å². The van der Waals surface area contributed by atoms with E-state index >= 15 is 0 Å². The summed E-state index contributed by atoms with van der Waals surface area (Å²) in [5.41, 5.74) is -0.792. The molecular weight excluding hydrogens is 240 g/mol. The molecule has 0 aromatic heterocycles. The van der Waals surface area contributed by atoms with E-state index in [0.29, 0.717) is 0 Å². The molecular formula is C6HCl3NO3-. The van der Waals surface area contributed by atoms with Gasteiger partial charge < -0.3 is 5.11 Å². The Kier molecular flexibility index (Phi) is 2.85. The quantitative estimate of drug-likeness (QED) is 0.431. The molecule has 7 heteroatoms. The van der Waals surface area contributed by atoms with E-state index in [0.717, 1.165) is 6.07 Å². The highest BCUT2D eigenvalue weighted by Crippen LogP contribution is 2.41. The van der Waals surface area contributed by atoms with E-state index in [4.69, 9.17) is 34.8 Å². The maximum Gasteiger partial charge on any atom is 0.283 e. The summed E-state index contributed by atoms with van der Waals surface area (Å²) in [6, 6.07) is 1.07. The molecule has 1 aromatic carbocycles. The first-order valence-corrected chi connectivity index (χ1v) is 4.07. The molecule has 0 aliphatic heterocycles. The Hall–Kier alpha value is -0.710. The maximum absolute atomic E-state index is 11.1. The van der Waals surface area contributed by atoms with Crippen molar-refractivity contribution in [1.29, 1.82) is 0 Å². The molecule has 0 heterocycles. The first-order chi connectivity index (χ1) is 5.95. The molecule has 0 N–H and O–H groups in total. The molecule has 0 aliphatic carbocycles. The van der Waals surface area contributed by atoms with Gasteiger partial charge in [-0.05, 0) is 11.8 Å². The van der Waals surface area contributed by atoms with Crippen molar-refractivity contribution in [2.45, 2.75) is 0 Å². The van der Waals surface area contributed by atoms with Crippen molar-refractivity contribution < 1.29 is 10.0 Å². The third kappa shape index (κ3) is 1.80. The fourth-order valence-corrected chi connectivity index (χ4v) is 1.39. The standard InChI is InChI=1S/C6H2Cl3NO3/c7-2-1-3(8)6(11)5(4(2)9)10(12)13/h1,11H/p-1. The van der Waals surface area contributed by atoms with Crippen molar-refractivity contribution in [2.75, 3.05) is 0 Å². The highest BCUT2D eigenvalue weighted by molar-refractivity contribution is 6.45. The monoisotopic (exact) mass is 240 g/mol. The predicted octanol–water partition coefficient (Wildman–Crippen LogP) is 2.63. The summed E-state index contributed by atoms with van der Waals surface area (Å²) in [5.74, 6) is -0.930. The average molecular weight is 241 g/mol.